The zero-order chi connectivity index (χ0) is 14.6. The van der Waals surface area contributed by atoms with E-state index in [1.165, 1.54) is 38.2 Å². The molecule has 0 bridgehead atoms. The summed E-state index contributed by atoms with van der Waals surface area (Å²) in [5.74, 6) is -0.156. The Kier molecular flexibility index (Phi) is 5.17. The van der Waals surface area contributed by atoms with E-state index >= 15 is 0 Å². The average Bonchev–Trinajstić information content (AvgIpc) is 2.45. The molecule has 1 aliphatic carbocycles. The molecular weight excluding hydrogens is 251 g/mol. The van der Waals surface area contributed by atoms with E-state index in [4.69, 9.17) is 0 Å². The smallest absolute Gasteiger partial charge is 0.123 e. The van der Waals surface area contributed by atoms with Crippen molar-refractivity contribution in [3.63, 3.8) is 0 Å². The minimum Gasteiger partial charge on any atom is -0.308 e. The minimum atomic E-state index is -0.156. The van der Waals surface area contributed by atoms with E-state index in [1.54, 1.807) is 12.1 Å². The molecule has 1 atom stereocenters. The van der Waals surface area contributed by atoms with Gasteiger partial charge in [-0.2, -0.15) is 0 Å². The number of hydrogen-bond acceptors (Lipinski definition) is 2. The summed E-state index contributed by atoms with van der Waals surface area (Å²) in [4.78, 5) is 2.37. The Hall–Kier alpha value is -0.930. The van der Waals surface area contributed by atoms with Crippen LogP contribution in [-0.4, -0.2) is 31.1 Å². The van der Waals surface area contributed by atoms with E-state index in [1.807, 2.05) is 6.07 Å². The van der Waals surface area contributed by atoms with Crippen LogP contribution in [0, 0.1) is 5.82 Å². The first-order valence-electron chi connectivity index (χ1n) is 7.70. The molecule has 112 valence electrons. The van der Waals surface area contributed by atoms with E-state index in [9.17, 15) is 4.39 Å². The van der Waals surface area contributed by atoms with Gasteiger partial charge >= 0.3 is 0 Å². The number of nitrogens with zero attached hydrogens (tertiary/aromatic N) is 1. The van der Waals surface area contributed by atoms with Gasteiger partial charge in [0.25, 0.3) is 0 Å². The summed E-state index contributed by atoms with van der Waals surface area (Å²) in [6, 6.07) is 7.08. The van der Waals surface area contributed by atoms with Crippen molar-refractivity contribution in [1.29, 1.82) is 0 Å². The maximum absolute atomic E-state index is 13.3. The maximum Gasteiger partial charge on any atom is 0.123 e. The third kappa shape index (κ3) is 3.58. The summed E-state index contributed by atoms with van der Waals surface area (Å²) in [5.41, 5.74) is 1.29. The third-order valence-electron chi connectivity index (χ3n) is 4.82. The molecule has 2 rings (SSSR count). The molecule has 0 radical (unpaired) electrons. The molecule has 20 heavy (non-hydrogen) atoms. The van der Waals surface area contributed by atoms with Gasteiger partial charge in [-0.3, -0.25) is 0 Å². The van der Waals surface area contributed by atoms with Crippen LogP contribution >= 0.6 is 0 Å². The average molecular weight is 278 g/mol. The van der Waals surface area contributed by atoms with Crippen molar-refractivity contribution in [2.45, 2.75) is 50.6 Å². The van der Waals surface area contributed by atoms with Gasteiger partial charge in [-0.25, -0.2) is 4.39 Å². The second kappa shape index (κ2) is 6.68. The summed E-state index contributed by atoms with van der Waals surface area (Å²) in [5, 5.41) is 3.61. The van der Waals surface area contributed by atoms with Crippen molar-refractivity contribution in [2.75, 3.05) is 20.6 Å². The number of halogens is 1. The van der Waals surface area contributed by atoms with Crippen LogP contribution in [0.25, 0.3) is 0 Å². The summed E-state index contributed by atoms with van der Waals surface area (Å²) in [6.45, 7) is 3.08. The van der Waals surface area contributed by atoms with Gasteiger partial charge in [0, 0.05) is 18.1 Å². The van der Waals surface area contributed by atoms with Gasteiger partial charge in [0.05, 0.1) is 0 Å². The lowest BCUT2D eigenvalue weighted by Crippen LogP contribution is -2.53. The Bertz CT molecular complexity index is 425. The lowest BCUT2D eigenvalue weighted by molar-refractivity contribution is 0.0958. The molecule has 0 aromatic heterocycles. The molecule has 0 spiro atoms. The Labute approximate surface area is 122 Å². The van der Waals surface area contributed by atoms with Crippen molar-refractivity contribution in [3.8, 4) is 0 Å². The molecule has 1 aromatic carbocycles. The van der Waals surface area contributed by atoms with E-state index in [-0.39, 0.29) is 17.4 Å². The van der Waals surface area contributed by atoms with Gasteiger partial charge in [-0.05, 0) is 51.6 Å². The van der Waals surface area contributed by atoms with Crippen LogP contribution in [0.1, 0.15) is 50.6 Å². The van der Waals surface area contributed by atoms with Crippen molar-refractivity contribution in [3.05, 3.63) is 35.6 Å². The number of rotatable bonds is 5. The fourth-order valence-electron chi connectivity index (χ4n) is 3.23. The van der Waals surface area contributed by atoms with E-state index < -0.39 is 0 Å². The quantitative estimate of drug-likeness (QED) is 0.882. The second-order valence-electron chi connectivity index (χ2n) is 6.34. The number of benzene rings is 1. The maximum atomic E-state index is 13.3. The lowest BCUT2D eigenvalue weighted by atomic mass is 9.80. The summed E-state index contributed by atoms with van der Waals surface area (Å²) in [7, 11) is 4.36. The van der Waals surface area contributed by atoms with Gasteiger partial charge in [0.15, 0.2) is 0 Å². The molecule has 1 aliphatic rings. The molecule has 1 aromatic rings. The van der Waals surface area contributed by atoms with Crippen LogP contribution in [0.4, 0.5) is 4.39 Å². The first-order valence-corrected chi connectivity index (χ1v) is 7.70. The largest absolute Gasteiger partial charge is 0.308 e. The van der Waals surface area contributed by atoms with Crippen LogP contribution in [0.3, 0.4) is 0 Å². The highest BCUT2D eigenvalue weighted by atomic mass is 19.1. The van der Waals surface area contributed by atoms with Crippen molar-refractivity contribution in [1.82, 2.24) is 10.2 Å². The highest BCUT2D eigenvalue weighted by Gasteiger charge is 2.34. The van der Waals surface area contributed by atoms with Crippen LogP contribution in [0.2, 0.25) is 0 Å². The van der Waals surface area contributed by atoms with Crippen LogP contribution in [0.5, 0.6) is 0 Å². The fourth-order valence-corrected chi connectivity index (χ4v) is 3.23. The predicted molar refractivity (Wildman–Crippen MR) is 82.3 cm³/mol. The van der Waals surface area contributed by atoms with Gasteiger partial charge in [-0.1, -0.05) is 31.4 Å². The molecule has 0 heterocycles. The Morgan fingerprint density at radius 1 is 1.25 bits per heavy atom. The third-order valence-corrected chi connectivity index (χ3v) is 4.82. The summed E-state index contributed by atoms with van der Waals surface area (Å²) >= 11 is 0. The Morgan fingerprint density at radius 2 is 1.95 bits per heavy atom. The number of likely N-dealkylation sites (N-methyl/N-ethyl adjacent to an activating group) is 1. The predicted octanol–water partition coefficient (Wildman–Crippen LogP) is 3.74. The molecule has 1 unspecified atom stereocenters. The van der Waals surface area contributed by atoms with Gasteiger partial charge in [0.2, 0.25) is 0 Å². The SMILES string of the molecule is CC(NCC1(N(C)C)CCCCC1)c1cccc(F)c1. The lowest BCUT2D eigenvalue weighted by Gasteiger charge is -2.44. The molecule has 1 saturated carbocycles. The van der Waals surface area contributed by atoms with E-state index in [2.05, 4.69) is 31.2 Å². The first-order chi connectivity index (χ1) is 9.53. The summed E-state index contributed by atoms with van der Waals surface area (Å²) < 4.78 is 13.3. The molecule has 0 amide bonds. The zero-order valence-electron chi connectivity index (χ0n) is 13.0. The first kappa shape index (κ1) is 15.5. The molecular formula is C17H27FN2. The number of hydrogen-bond donors (Lipinski definition) is 1. The van der Waals surface area contributed by atoms with Crippen molar-refractivity contribution < 1.29 is 4.39 Å². The topological polar surface area (TPSA) is 15.3 Å². The zero-order valence-corrected chi connectivity index (χ0v) is 13.0. The Morgan fingerprint density at radius 3 is 2.55 bits per heavy atom. The molecule has 1 fully saturated rings. The van der Waals surface area contributed by atoms with Crippen LogP contribution < -0.4 is 5.32 Å². The molecule has 1 N–H and O–H groups in total. The molecule has 0 saturated heterocycles. The molecule has 2 nitrogen and oxygen atoms in total. The normalized spacial score (nSPS) is 20.1. The van der Waals surface area contributed by atoms with E-state index in [0.29, 0.717) is 0 Å². The molecule has 0 aliphatic heterocycles. The standard InChI is InChI=1S/C17H27FN2/c1-14(15-8-7-9-16(18)12-15)19-13-17(20(2)3)10-5-4-6-11-17/h7-9,12,14,19H,4-6,10-11,13H2,1-3H3. The van der Waals surface area contributed by atoms with E-state index in [0.717, 1.165) is 12.1 Å². The minimum absolute atomic E-state index is 0.156. The second-order valence-corrected chi connectivity index (χ2v) is 6.34. The fraction of sp³-hybridized carbons (Fsp3) is 0.647. The van der Waals surface area contributed by atoms with Crippen LogP contribution in [0.15, 0.2) is 24.3 Å². The Balaban J connectivity index is 1.98. The van der Waals surface area contributed by atoms with Gasteiger partial charge < -0.3 is 10.2 Å². The van der Waals surface area contributed by atoms with Crippen LogP contribution in [-0.2, 0) is 0 Å². The van der Waals surface area contributed by atoms with Crippen molar-refractivity contribution >= 4 is 0 Å². The highest BCUT2D eigenvalue weighted by molar-refractivity contribution is 5.19. The number of nitrogens with one attached hydrogen (secondary N) is 1. The van der Waals surface area contributed by atoms with Gasteiger partial charge in [-0.15, -0.1) is 0 Å². The van der Waals surface area contributed by atoms with Crippen molar-refractivity contribution in [2.24, 2.45) is 0 Å². The summed E-state index contributed by atoms with van der Waals surface area (Å²) in [6.07, 6.45) is 6.49. The monoisotopic (exact) mass is 278 g/mol. The molecule has 3 heteroatoms. The van der Waals surface area contributed by atoms with Gasteiger partial charge in [0.1, 0.15) is 5.82 Å². The highest BCUT2D eigenvalue weighted by Crippen LogP contribution is 2.32.